The highest BCUT2D eigenvalue weighted by Gasteiger charge is 2.07. The highest BCUT2D eigenvalue weighted by Crippen LogP contribution is 2.13. The first kappa shape index (κ1) is 10.5. The van der Waals surface area contributed by atoms with Crippen LogP contribution in [-0.2, 0) is 4.79 Å². The SMILES string of the molecule is CC(CCC(=O)O)n1cc(I)cn1. The maximum Gasteiger partial charge on any atom is 0.303 e. The van der Waals surface area contributed by atoms with Gasteiger partial charge in [0.1, 0.15) is 0 Å². The van der Waals surface area contributed by atoms with E-state index in [1.807, 2.05) is 13.1 Å². The van der Waals surface area contributed by atoms with Crippen LogP contribution >= 0.6 is 22.6 Å². The number of carboxylic acids is 1. The van der Waals surface area contributed by atoms with Gasteiger partial charge in [-0.15, -0.1) is 0 Å². The average Bonchev–Trinajstić information content (AvgIpc) is 2.47. The fraction of sp³-hybridized carbons (Fsp3) is 0.500. The molecule has 1 unspecified atom stereocenters. The molecule has 0 fully saturated rings. The van der Waals surface area contributed by atoms with Gasteiger partial charge >= 0.3 is 5.97 Å². The minimum absolute atomic E-state index is 0.152. The number of rotatable bonds is 4. The van der Waals surface area contributed by atoms with Crippen LogP contribution in [0.2, 0.25) is 0 Å². The van der Waals surface area contributed by atoms with E-state index in [4.69, 9.17) is 5.11 Å². The van der Waals surface area contributed by atoms with Crippen molar-refractivity contribution in [2.45, 2.75) is 25.8 Å². The highest BCUT2D eigenvalue weighted by molar-refractivity contribution is 14.1. The van der Waals surface area contributed by atoms with Gasteiger partial charge in [0, 0.05) is 18.7 Å². The molecule has 1 aromatic heterocycles. The average molecular weight is 294 g/mol. The van der Waals surface area contributed by atoms with E-state index in [1.165, 1.54) is 0 Å². The number of hydrogen-bond acceptors (Lipinski definition) is 2. The van der Waals surface area contributed by atoms with Crippen molar-refractivity contribution < 1.29 is 9.90 Å². The molecule has 72 valence electrons. The summed E-state index contributed by atoms with van der Waals surface area (Å²) in [6.45, 7) is 1.96. The molecule has 0 amide bonds. The van der Waals surface area contributed by atoms with Crippen LogP contribution in [-0.4, -0.2) is 20.9 Å². The molecule has 13 heavy (non-hydrogen) atoms. The molecule has 4 nitrogen and oxygen atoms in total. The first-order valence-corrected chi connectivity index (χ1v) is 5.09. The second-order valence-electron chi connectivity index (χ2n) is 2.92. The summed E-state index contributed by atoms with van der Waals surface area (Å²) < 4.78 is 2.87. The number of aliphatic carboxylic acids is 1. The second kappa shape index (κ2) is 4.59. The Bertz CT molecular complexity index is 298. The molecule has 1 atom stereocenters. The lowest BCUT2D eigenvalue weighted by Gasteiger charge is -2.09. The normalized spacial score (nSPS) is 12.8. The largest absolute Gasteiger partial charge is 0.481 e. The van der Waals surface area contributed by atoms with Crippen molar-refractivity contribution in [2.75, 3.05) is 0 Å². The fourth-order valence-electron chi connectivity index (χ4n) is 1.02. The molecule has 0 saturated carbocycles. The van der Waals surface area contributed by atoms with Gasteiger partial charge in [-0.3, -0.25) is 9.48 Å². The van der Waals surface area contributed by atoms with Gasteiger partial charge in [0.15, 0.2) is 0 Å². The molecule has 0 aromatic carbocycles. The summed E-state index contributed by atoms with van der Waals surface area (Å²) >= 11 is 2.18. The van der Waals surface area contributed by atoms with E-state index in [0.29, 0.717) is 6.42 Å². The molecular formula is C8H11IN2O2. The molecule has 1 heterocycles. The van der Waals surface area contributed by atoms with Gasteiger partial charge in [0.05, 0.1) is 9.77 Å². The van der Waals surface area contributed by atoms with Gasteiger partial charge in [-0.2, -0.15) is 5.10 Å². The minimum atomic E-state index is -0.756. The van der Waals surface area contributed by atoms with Crippen LogP contribution in [0, 0.1) is 3.57 Å². The van der Waals surface area contributed by atoms with Crippen LogP contribution < -0.4 is 0 Å². The number of halogens is 1. The zero-order valence-corrected chi connectivity index (χ0v) is 9.43. The standard InChI is InChI=1S/C8H11IN2O2/c1-6(2-3-8(12)13)11-5-7(9)4-10-11/h4-6H,2-3H2,1H3,(H,12,13). The number of hydrogen-bond donors (Lipinski definition) is 1. The quantitative estimate of drug-likeness (QED) is 0.863. The van der Waals surface area contributed by atoms with Gasteiger partial charge < -0.3 is 5.11 Å². The molecule has 1 aromatic rings. The molecule has 0 aliphatic rings. The molecule has 0 aliphatic carbocycles. The predicted molar refractivity (Wildman–Crippen MR) is 56.5 cm³/mol. The number of aromatic nitrogens is 2. The minimum Gasteiger partial charge on any atom is -0.481 e. The topological polar surface area (TPSA) is 55.1 Å². The van der Waals surface area contributed by atoms with Crippen LogP contribution in [0.1, 0.15) is 25.8 Å². The number of carboxylic acid groups (broad SMARTS) is 1. The summed E-state index contributed by atoms with van der Waals surface area (Å²) in [5.74, 6) is -0.756. The third-order valence-corrected chi connectivity index (χ3v) is 2.35. The molecule has 0 bridgehead atoms. The molecule has 5 heteroatoms. The maximum absolute atomic E-state index is 10.3. The highest BCUT2D eigenvalue weighted by atomic mass is 127. The fourth-order valence-corrected chi connectivity index (χ4v) is 1.43. The molecule has 0 aliphatic heterocycles. The summed E-state index contributed by atoms with van der Waals surface area (Å²) in [7, 11) is 0. The van der Waals surface area contributed by atoms with Gasteiger partial charge in [-0.25, -0.2) is 0 Å². The van der Waals surface area contributed by atoms with Gasteiger partial charge in [0.25, 0.3) is 0 Å². The Morgan fingerprint density at radius 3 is 3.00 bits per heavy atom. The zero-order chi connectivity index (χ0) is 9.84. The van der Waals surface area contributed by atoms with Crippen LogP contribution in [0.5, 0.6) is 0 Å². The lowest BCUT2D eigenvalue weighted by molar-refractivity contribution is -0.137. The van der Waals surface area contributed by atoms with E-state index >= 15 is 0 Å². The van der Waals surface area contributed by atoms with E-state index in [1.54, 1.807) is 10.9 Å². The van der Waals surface area contributed by atoms with Crippen molar-refractivity contribution in [1.82, 2.24) is 9.78 Å². The van der Waals surface area contributed by atoms with Crippen molar-refractivity contribution in [3.05, 3.63) is 16.0 Å². The zero-order valence-electron chi connectivity index (χ0n) is 7.27. The molecule has 1 rings (SSSR count). The van der Waals surface area contributed by atoms with E-state index in [-0.39, 0.29) is 12.5 Å². The Balaban J connectivity index is 2.48. The van der Waals surface area contributed by atoms with E-state index < -0.39 is 5.97 Å². The summed E-state index contributed by atoms with van der Waals surface area (Å²) in [5, 5.41) is 12.6. The lowest BCUT2D eigenvalue weighted by atomic mass is 10.2. The molecule has 0 radical (unpaired) electrons. The smallest absolute Gasteiger partial charge is 0.303 e. The molecular weight excluding hydrogens is 283 g/mol. The Morgan fingerprint density at radius 1 is 1.85 bits per heavy atom. The van der Waals surface area contributed by atoms with Crippen molar-refractivity contribution in [1.29, 1.82) is 0 Å². The van der Waals surface area contributed by atoms with Crippen LogP contribution in [0.3, 0.4) is 0 Å². The van der Waals surface area contributed by atoms with Crippen molar-refractivity contribution in [3.63, 3.8) is 0 Å². The third-order valence-electron chi connectivity index (χ3n) is 1.80. The van der Waals surface area contributed by atoms with Crippen LogP contribution in [0.25, 0.3) is 0 Å². The Kier molecular flexibility index (Phi) is 3.71. The first-order valence-electron chi connectivity index (χ1n) is 4.01. The van der Waals surface area contributed by atoms with Gasteiger partial charge in [-0.05, 0) is 35.9 Å². The number of nitrogens with zero attached hydrogens (tertiary/aromatic N) is 2. The van der Waals surface area contributed by atoms with Crippen LogP contribution in [0.4, 0.5) is 0 Å². The van der Waals surface area contributed by atoms with E-state index in [9.17, 15) is 4.79 Å². The lowest BCUT2D eigenvalue weighted by Crippen LogP contribution is -2.07. The van der Waals surface area contributed by atoms with Crippen molar-refractivity contribution >= 4 is 28.6 Å². The van der Waals surface area contributed by atoms with Crippen molar-refractivity contribution in [3.8, 4) is 0 Å². The maximum atomic E-state index is 10.3. The Morgan fingerprint density at radius 2 is 2.54 bits per heavy atom. The second-order valence-corrected chi connectivity index (χ2v) is 4.17. The summed E-state index contributed by atoms with van der Waals surface area (Å²) in [4.78, 5) is 10.3. The monoisotopic (exact) mass is 294 g/mol. The van der Waals surface area contributed by atoms with Gasteiger partial charge in [0.2, 0.25) is 0 Å². The van der Waals surface area contributed by atoms with Gasteiger partial charge in [-0.1, -0.05) is 0 Å². The Hall–Kier alpha value is -0.590. The summed E-state index contributed by atoms with van der Waals surface area (Å²) in [5.41, 5.74) is 0. The predicted octanol–water partition coefficient (Wildman–Crippen LogP) is 1.91. The van der Waals surface area contributed by atoms with E-state index in [0.717, 1.165) is 3.57 Å². The summed E-state index contributed by atoms with van der Waals surface area (Å²) in [6, 6.07) is 0.152. The van der Waals surface area contributed by atoms with Crippen molar-refractivity contribution in [2.24, 2.45) is 0 Å². The third kappa shape index (κ3) is 3.33. The molecule has 1 N–H and O–H groups in total. The molecule has 0 saturated heterocycles. The van der Waals surface area contributed by atoms with Crippen LogP contribution in [0.15, 0.2) is 12.4 Å². The Labute approximate surface area is 90.1 Å². The number of carbonyl (C=O) groups is 1. The first-order chi connectivity index (χ1) is 6.09. The summed E-state index contributed by atoms with van der Waals surface area (Å²) in [6.07, 6.45) is 4.48. The molecule has 0 spiro atoms. The van der Waals surface area contributed by atoms with E-state index in [2.05, 4.69) is 27.7 Å².